The first kappa shape index (κ1) is 20.5. The largest absolute Gasteiger partial charge is 0.467 e. The lowest BCUT2D eigenvalue weighted by molar-refractivity contribution is -0.130. The van der Waals surface area contributed by atoms with Crippen molar-refractivity contribution in [3.8, 4) is 0 Å². The predicted molar refractivity (Wildman–Crippen MR) is 135 cm³/mol. The molecule has 5 heterocycles. The fourth-order valence-corrected chi connectivity index (χ4v) is 6.18. The summed E-state index contributed by atoms with van der Waals surface area (Å²) < 4.78 is 14.8. The number of aromatic nitrogens is 3. The smallest absolute Gasteiger partial charge is 0.253 e. The maximum Gasteiger partial charge on any atom is 0.253 e. The Kier molecular flexibility index (Phi) is 4.74. The van der Waals surface area contributed by atoms with Gasteiger partial charge in [0.05, 0.1) is 22.2 Å². The van der Waals surface area contributed by atoms with Gasteiger partial charge >= 0.3 is 0 Å². The Balaban J connectivity index is 1.18. The second kappa shape index (κ2) is 8.10. The van der Waals surface area contributed by atoms with Gasteiger partial charge in [0.25, 0.3) is 5.91 Å². The number of benzene rings is 2. The molecule has 7 rings (SSSR count). The number of hydrogen-bond acceptors (Lipinski definition) is 8. The van der Waals surface area contributed by atoms with Crippen molar-refractivity contribution in [2.45, 2.75) is 17.6 Å². The second-order valence-corrected chi connectivity index (χ2v) is 10.1. The van der Waals surface area contributed by atoms with E-state index < -0.39 is 0 Å². The Morgan fingerprint density at radius 1 is 1.09 bits per heavy atom. The molecule has 0 saturated heterocycles. The Bertz CT molecular complexity index is 1700. The Morgan fingerprint density at radius 2 is 1.97 bits per heavy atom. The maximum absolute atomic E-state index is 13.4. The van der Waals surface area contributed by atoms with E-state index >= 15 is 0 Å². The Hall–Kier alpha value is -3.89. The van der Waals surface area contributed by atoms with Crippen molar-refractivity contribution in [1.82, 2.24) is 19.6 Å². The van der Waals surface area contributed by atoms with E-state index in [4.69, 9.17) is 8.83 Å². The molecule has 2 aromatic carbocycles. The zero-order valence-corrected chi connectivity index (χ0v) is 19.8. The molecule has 0 unspecified atom stereocenters. The average Bonchev–Trinajstić information content (AvgIpc) is 3.69. The lowest BCUT2D eigenvalue weighted by atomic mass is 10.1. The van der Waals surface area contributed by atoms with E-state index in [-0.39, 0.29) is 17.7 Å². The third-order valence-electron chi connectivity index (χ3n) is 5.98. The first-order valence-corrected chi connectivity index (χ1v) is 12.8. The van der Waals surface area contributed by atoms with Gasteiger partial charge in [-0.3, -0.25) is 9.20 Å². The van der Waals surface area contributed by atoms with Crippen LogP contribution in [0.4, 0.5) is 0 Å². The van der Waals surface area contributed by atoms with E-state index in [1.54, 1.807) is 17.6 Å². The molecule has 172 valence electrons. The highest BCUT2D eigenvalue weighted by atomic mass is 32.2. The predicted octanol–water partition coefficient (Wildman–Crippen LogP) is 5.75. The van der Waals surface area contributed by atoms with Gasteiger partial charge in [-0.1, -0.05) is 53.4 Å². The van der Waals surface area contributed by atoms with E-state index in [0.29, 0.717) is 23.1 Å². The van der Waals surface area contributed by atoms with Crippen LogP contribution < -0.4 is 0 Å². The van der Waals surface area contributed by atoms with Gasteiger partial charge in [0.2, 0.25) is 4.96 Å². The van der Waals surface area contributed by atoms with Gasteiger partial charge in [-0.05, 0) is 36.4 Å². The Labute approximate surface area is 206 Å². The van der Waals surface area contributed by atoms with Crippen LogP contribution in [0, 0.1) is 0 Å². The molecule has 0 aliphatic carbocycles. The first-order chi connectivity index (χ1) is 17.2. The van der Waals surface area contributed by atoms with E-state index in [1.807, 2.05) is 65.1 Å². The first-order valence-electron chi connectivity index (χ1n) is 11.0. The number of furan rings is 2. The molecule has 0 spiro atoms. The number of thiazole rings is 1. The molecule has 1 aliphatic heterocycles. The van der Waals surface area contributed by atoms with Crippen LogP contribution >= 0.6 is 23.1 Å². The summed E-state index contributed by atoms with van der Waals surface area (Å²) in [6, 6.07) is 21.2. The molecule has 35 heavy (non-hydrogen) atoms. The van der Waals surface area contributed by atoms with E-state index in [0.717, 1.165) is 31.9 Å². The van der Waals surface area contributed by atoms with Crippen molar-refractivity contribution in [2.75, 3.05) is 5.75 Å². The molecule has 0 saturated carbocycles. The number of hydrogen-bond donors (Lipinski definition) is 0. The SMILES string of the molecule is O=C(CSc1nnc2sc3ccccc3n12)N1N=C(c2cc3ccccc3o2)C[C@@H]1c1ccco1. The fraction of sp³-hybridized carbons (Fsp3) is 0.120. The molecule has 0 N–H and O–H groups in total. The monoisotopic (exact) mass is 499 g/mol. The van der Waals surface area contributed by atoms with Gasteiger partial charge in [0, 0.05) is 11.8 Å². The lowest BCUT2D eigenvalue weighted by Crippen LogP contribution is -2.28. The number of hydrazone groups is 1. The molecule has 6 aromatic rings. The third kappa shape index (κ3) is 3.44. The minimum Gasteiger partial charge on any atom is -0.467 e. The van der Waals surface area contributed by atoms with Crippen molar-refractivity contribution < 1.29 is 13.6 Å². The minimum absolute atomic E-state index is 0.140. The number of nitrogens with zero attached hydrogens (tertiary/aromatic N) is 5. The van der Waals surface area contributed by atoms with Crippen molar-refractivity contribution in [2.24, 2.45) is 5.10 Å². The number of thioether (sulfide) groups is 1. The highest BCUT2D eigenvalue weighted by Gasteiger charge is 2.36. The lowest BCUT2D eigenvalue weighted by Gasteiger charge is -2.19. The number of amides is 1. The van der Waals surface area contributed by atoms with Crippen molar-refractivity contribution in [1.29, 1.82) is 0 Å². The van der Waals surface area contributed by atoms with Crippen LogP contribution in [-0.2, 0) is 4.79 Å². The van der Waals surface area contributed by atoms with Crippen LogP contribution in [0.25, 0.3) is 26.1 Å². The summed E-state index contributed by atoms with van der Waals surface area (Å²) >= 11 is 2.93. The summed E-state index contributed by atoms with van der Waals surface area (Å²) in [5.74, 6) is 1.37. The third-order valence-corrected chi connectivity index (χ3v) is 7.91. The summed E-state index contributed by atoms with van der Waals surface area (Å²) in [4.78, 5) is 14.2. The molecule has 8 nitrogen and oxygen atoms in total. The van der Waals surface area contributed by atoms with Crippen LogP contribution in [-0.4, -0.2) is 37.0 Å². The van der Waals surface area contributed by atoms with E-state index in [1.165, 1.54) is 16.8 Å². The Morgan fingerprint density at radius 3 is 2.86 bits per heavy atom. The number of carbonyl (C=O) groups is 1. The number of carbonyl (C=O) groups excluding carboxylic acids is 1. The zero-order chi connectivity index (χ0) is 23.4. The minimum atomic E-state index is -0.332. The molecular formula is C25H17N5O3S2. The van der Waals surface area contributed by atoms with Gasteiger partial charge in [-0.25, -0.2) is 5.01 Å². The summed E-state index contributed by atoms with van der Waals surface area (Å²) in [5, 5.41) is 16.5. The number of para-hydroxylation sites is 2. The van der Waals surface area contributed by atoms with Crippen LogP contribution in [0.15, 0.2) is 92.1 Å². The fourth-order valence-electron chi connectivity index (χ4n) is 4.36. The van der Waals surface area contributed by atoms with Gasteiger partial charge in [-0.2, -0.15) is 5.10 Å². The highest BCUT2D eigenvalue weighted by Crippen LogP contribution is 2.36. The molecule has 0 radical (unpaired) electrons. The standard InChI is InChI=1S/C25H17N5O3S2/c31-23(14-34-24-26-27-25-29(24)17-7-2-4-10-22(17)35-25)30-18(20-9-5-11-32-20)13-16(28-30)21-12-15-6-1-3-8-19(15)33-21/h1-12,18H,13-14H2/t18-/m1/s1. The zero-order valence-electron chi connectivity index (χ0n) is 18.2. The molecule has 0 bridgehead atoms. The number of rotatable bonds is 5. The average molecular weight is 500 g/mol. The maximum atomic E-state index is 13.4. The van der Waals surface area contributed by atoms with Crippen LogP contribution in [0.5, 0.6) is 0 Å². The molecule has 1 atom stereocenters. The molecule has 4 aromatic heterocycles. The molecule has 1 aliphatic rings. The topological polar surface area (TPSA) is 89.1 Å². The van der Waals surface area contributed by atoms with Crippen LogP contribution in [0.1, 0.15) is 24.0 Å². The molecular weight excluding hydrogens is 482 g/mol. The summed E-state index contributed by atoms with van der Waals surface area (Å²) in [6.45, 7) is 0. The van der Waals surface area contributed by atoms with Crippen molar-refractivity contribution >= 4 is 60.9 Å². The molecule has 0 fully saturated rings. The highest BCUT2D eigenvalue weighted by molar-refractivity contribution is 7.99. The summed E-state index contributed by atoms with van der Waals surface area (Å²) in [5.41, 5.74) is 2.54. The second-order valence-electron chi connectivity index (χ2n) is 8.13. The quantitative estimate of drug-likeness (QED) is 0.281. The van der Waals surface area contributed by atoms with Crippen molar-refractivity contribution in [3.63, 3.8) is 0 Å². The van der Waals surface area contributed by atoms with Crippen LogP contribution in [0.2, 0.25) is 0 Å². The normalized spacial score (nSPS) is 16.1. The van der Waals surface area contributed by atoms with Crippen LogP contribution in [0.3, 0.4) is 0 Å². The van der Waals surface area contributed by atoms with Gasteiger partial charge in [-0.15, -0.1) is 10.2 Å². The molecule has 1 amide bonds. The molecule has 10 heteroatoms. The number of fused-ring (bicyclic) bond motifs is 4. The van der Waals surface area contributed by atoms with Gasteiger partial charge in [0.15, 0.2) is 10.9 Å². The summed E-state index contributed by atoms with van der Waals surface area (Å²) in [6.07, 6.45) is 2.12. The van der Waals surface area contributed by atoms with Gasteiger partial charge in [0.1, 0.15) is 23.1 Å². The van der Waals surface area contributed by atoms with Gasteiger partial charge < -0.3 is 8.83 Å². The summed E-state index contributed by atoms with van der Waals surface area (Å²) in [7, 11) is 0. The van der Waals surface area contributed by atoms with E-state index in [9.17, 15) is 4.79 Å². The van der Waals surface area contributed by atoms with Crippen molar-refractivity contribution in [3.05, 3.63) is 84.5 Å². The van der Waals surface area contributed by atoms with E-state index in [2.05, 4.69) is 21.4 Å².